The van der Waals surface area contributed by atoms with E-state index in [1.807, 2.05) is 0 Å². The average Bonchev–Trinajstić information content (AvgIpc) is 3.24. The number of rotatable bonds is 3. The fourth-order valence-corrected chi connectivity index (χ4v) is 3.83. The Morgan fingerprint density at radius 1 is 1.25 bits per heavy atom. The summed E-state index contributed by atoms with van der Waals surface area (Å²) in [4.78, 5) is 31.7. The topological polar surface area (TPSA) is 68.2 Å². The zero-order valence-electron chi connectivity index (χ0n) is 12.6. The second-order valence-corrected chi connectivity index (χ2v) is 6.87. The third-order valence-electron chi connectivity index (χ3n) is 4.52. The molecule has 4 rings (SSSR count). The van der Waals surface area contributed by atoms with Gasteiger partial charge >= 0.3 is 0 Å². The summed E-state index contributed by atoms with van der Waals surface area (Å²) in [5.41, 5.74) is 0.920. The largest absolute Gasteiger partial charge is 0.381 e. The van der Waals surface area contributed by atoms with Crippen molar-refractivity contribution in [3.63, 3.8) is 0 Å². The predicted octanol–water partition coefficient (Wildman–Crippen LogP) is 2.26. The molecule has 6 nitrogen and oxygen atoms in total. The third kappa shape index (κ3) is 2.49. The predicted molar refractivity (Wildman–Crippen MR) is 87.1 cm³/mol. The van der Waals surface area contributed by atoms with E-state index in [1.165, 1.54) is 4.90 Å². The zero-order chi connectivity index (χ0) is 16.8. The molecule has 3 aliphatic rings. The summed E-state index contributed by atoms with van der Waals surface area (Å²) in [7, 11) is 0. The number of likely N-dealkylation sites (tertiary alicyclic amines) is 1. The quantitative estimate of drug-likeness (QED) is 0.767. The fourth-order valence-electron chi connectivity index (χ4n) is 3.32. The molecule has 0 saturated carbocycles. The van der Waals surface area contributed by atoms with Crippen molar-refractivity contribution in [3.05, 3.63) is 33.8 Å². The van der Waals surface area contributed by atoms with Crippen molar-refractivity contribution in [2.75, 3.05) is 13.2 Å². The molecule has 126 valence electrons. The van der Waals surface area contributed by atoms with Gasteiger partial charge < -0.3 is 9.57 Å². The third-order valence-corrected chi connectivity index (χ3v) is 5.07. The van der Waals surface area contributed by atoms with Crippen LogP contribution in [0.4, 0.5) is 0 Å². The number of benzene rings is 1. The number of hydrogen-bond acceptors (Lipinski definition) is 5. The standard InChI is InChI=1S/C16H14Cl2N2O4/c17-8-3-4-10(11(18)6-8)13-12-14(24-19-13)16(22)20(15(12)21)7-9-2-1-5-23-9/h3-4,6,9,12,14H,1-2,5,7H2/t9-,12-,14+/m0/s1. The van der Waals surface area contributed by atoms with Gasteiger partial charge in [-0.05, 0) is 25.0 Å². The van der Waals surface area contributed by atoms with Crippen LogP contribution in [0.2, 0.25) is 10.0 Å². The van der Waals surface area contributed by atoms with Crippen molar-refractivity contribution < 1.29 is 19.2 Å². The molecule has 3 aliphatic heterocycles. The van der Waals surface area contributed by atoms with E-state index in [0.717, 1.165) is 12.8 Å². The Labute approximate surface area is 148 Å². The van der Waals surface area contributed by atoms with Crippen LogP contribution in [0, 0.1) is 5.92 Å². The highest BCUT2D eigenvalue weighted by molar-refractivity contribution is 6.38. The second kappa shape index (κ2) is 6.02. The van der Waals surface area contributed by atoms with E-state index in [-0.39, 0.29) is 24.5 Å². The molecule has 0 aliphatic carbocycles. The molecule has 0 aromatic heterocycles. The number of carbonyl (C=O) groups is 2. The van der Waals surface area contributed by atoms with Gasteiger partial charge in [0.1, 0.15) is 11.6 Å². The molecule has 0 unspecified atom stereocenters. The van der Waals surface area contributed by atoms with Crippen LogP contribution < -0.4 is 0 Å². The van der Waals surface area contributed by atoms with Crippen LogP contribution in [0.5, 0.6) is 0 Å². The van der Waals surface area contributed by atoms with Crippen molar-refractivity contribution in [2.24, 2.45) is 11.1 Å². The minimum absolute atomic E-state index is 0.101. The SMILES string of the molecule is O=C1[C@H]2C(c3ccc(Cl)cc3Cl)=NO[C@H]2C(=O)N1C[C@@H]1CCCO1. The minimum Gasteiger partial charge on any atom is -0.381 e. The lowest BCUT2D eigenvalue weighted by Gasteiger charge is -2.19. The number of nitrogens with zero attached hydrogens (tertiary/aromatic N) is 2. The van der Waals surface area contributed by atoms with Gasteiger partial charge in [0.25, 0.3) is 5.91 Å². The maximum Gasteiger partial charge on any atom is 0.274 e. The summed E-state index contributed by atoms with van der Waals surface area (Å²) < 4.78 is 5.52. The molecule has 3 atom stereocenters. The van der Waals surface area contributed by atoms with E-state index in [9.17, 15) is 9.59 Å². The number of imide groups is 1. The van der Waals surface area contributed by atoms with Gasteiger partial charge in [-0.3, -0.25) is 14.5 Å². The van der Waals surface area contributed by atoms with Gasteiger partial charge in [-0.2, -0.15) is 0 Å². The van der Waals surface area contributed by atoms with Crippen LogP contribution in [0.15, 0.2) is 23.4 Å². The maximum absolute atomic E-state index is 12.8. The van der Waals surface area contributed by atoms with Crippen LogP contribution in [0.3, 0.4) is 0 Å². The van der Waals surface area contributed by atoms with Gasteiger partial charge in [0.15, 0.2) is 0 Å². The molecular formula is C16H14Cl2N2O4. The van der Waals surface area contributed by atoms with E-state index >= 15 is 0 Å². The number of carbonyl (C=O) groups excluding carboxylic acids is 2. The Morgan fingerprint density at radius 3 is 2.79 bits per heavy atom. The van der Waals surface area contributed by atoms with Crippen molar-refractivity contribution in [1.82, 2.24) is 4.90 Å². The van der Waals surface area contributed by atoms with Crippen LogP contribution in [0.25, 0.3) is 0 Å². The lowest BCUT2D eigenvalue weighted by atomic mass is 9.94. The number of fused-ring (bicyclic) bond motifs is 1. The first-order chi connectivity index (χ1) is 11.6. The van der Waals surface area contributed by atoms with Crippen LogP contribution >= 0.6 is 23.2 Å². The molecule has 2 saturated heterocycles. The van der Waals surface area contributed by atoms with Crippen molar-refractivity contribution >= 4 is 40.7 Å². The first kappa shape index (κ1) is 15.9. The summed E-state index contributed by atoms with van der Waals surface area (Å²) >= 11 is 12.1. The van der Waals surface area contributed by atoms with Crippen LogP contribution in [0.1, 0.15) is 18.4 Å². The van der Waals surface area contributed by atoms with Crippen molar-refractivity contribution in [3.8, 4) is 0 Å². The zero-order valence-corrected chi connectivity index (χ0v) is 14.1. The Balaban J connectivity index is 1.60. The second-order valence-electron chi connectivity index (χ2n) is 6.03. The lowest BCUT2D eigenvalue weighted by molar-refractivity contribution is -0.143. The molecule has 0 radical (unpaired) electrons. The van der Waals surface area contributed by atoms with Gasteiger partial charge in [-0.15, -0.1) is 0 Å². The van der Waals surface area contributed by atoms with E-state index in [1.54, 1.807) is 18.2 Å². The van der Waals surface area contributed by atoms with Gasteiger partial charge in [-0.1, -0.05) is 34.4 Å². The molecule has 3 heterocycles. The molecule has 1 aromatic carbocycles. The Bertz CT molecular complexity index is 746. The number of ether oxygens (including phenoxy) is 1. The first-order valence-corrected chi connectivity index (χ1v) is 8.48. The minimum atomic E-state index is -0.916. The summed E-state index contributed by atoms with van der Waals surface area (Å²) in [6.45, 7) is 0.924. The Kier molecular flexibility index (Phi) is 3.98. The Morgan fingerprint density at radius 2 is 2.08 bits per heavy atom. The molecule has 24 heavy (non-hydrogen) atoms. The monoisotopic (exact) mass is 368 g/mol. The number of oxime groups is 1. The highest BCUT2D eigenvalue weighted by atomic mass is 35.5. The van der Waals surface area contributed by atoms with Crippen LogP contribution in [-0.4, -0.2) is 47.8 Å². The fraction of sp³-hybridized carbons (Fsp3) is 0.438. The van der Waals surface area contributed by atoms with Gasteiger partial charge in [0.2, 0.25) is 12.0 Å². The normalized spacial score (nSPS) is 29.0. The molecule has 0 bridgehead atoms. The summed E-state index contributed by atoms with van der Waals surface area (Å²) in [6, 6.07) is 4.90. The van der Waals surface area contributed by atoms with Gasteiger partial charge in [-0.25, -0.2) is 0 Å². The highest BCUT2D eigenvalue weighted by Crippen LogP contribution is 2.35. The lowest BCUT2D eigenvalue weighted by Crippen LogP contribution is -2.39. The number of amides is 2. The van der Waals surface area contributed by atoms with E-state index < -0.39 is 12.0 Å². The van der Waals surface area contributed by atoms with Crippen molar-refractivity contribution in [2.45, 2.75) is 25.0 Å². The Hall–Kier alpha value is -1.63. The number of hydrogen-bond donors (Lipinski definition) is 0. The van der Waals surface area contributed by atoms with E-state index in [2.05, 4.69) is 5.16 Å². The molecule has 2 amide bonds. The summed E-state index contributed by atoms with van der Waals surface area (Å²) in [5.74, 6) is -1.45. The van der Waals surface area contributed by atoms with E-state index in [0.29, 0.717) is 27.9 Å². The molecule has 0 spiro atoms. The number of halogens is 2. The maximum atomic E-state index is 12.8. The van der Waals surface area contributed by atoms with Crippen molar-refractivity contribution in [1.29, 1.82) is 0 Å². The average molecular weight is 369 g/mol. The molecule has 1 aromatic rings. The smallest absolute Gasteiger partial charge is 0.274 e. The first-order valence-electron chi connectivity index (χ1n) is 7.72. The van der Waals surface area contributed by atoms with Gasteiger partial charge in [0, 0.05) is 17.2 Å². The molecule has 8 heteroatoms. The molecular weight excluding hydrogens is 355 g/mol. The summed E-state index contributed by atoms with van der Waals surface area (Å²) in [5, 5.41) is 4.78. The van der Waals surface area contributed by atoms with E-state index in [4.69, 9.17) is 32.8 Å². The summed E-state index contributed by atoms with van der Waals surface area (Å²) in [6.07, 6.45) is 0.769. The van der Waals surface area contributed by atoms with Crippen LogP contribution in [-0.2, 0) is 19.2 Å². The highest BCUT2D eigenvalue weighted by Gasteiger charge is 2.56. The molecule has 0 N–H and O–H groups in total. The molecule has 2 fully saturated rings. The van der Waals surface area contributed by atoms with Gasteiger partial charge in [0.05, 0.1) is 17.7 Å².